The van der Waals surface area contributed by atoms with Crippen LogP contribution in [0.4, 0.5) is 0 Å². The van der Waals surface area contributed by atoms with Crippen molar-refractivity contribution in [2.24, 2.45) is 11.7 Å². The molecule has 200 valence electrons. The number of carboxylic acids is 2. The second-order valence-electron chi connectivity index (χ2n) is 8.32. The monoisotopic (exact) mass is 505 g/mol. The van der Waals surface area contributed by atoms with Crippen molar-refractivity contribution in [1.29, 1.82) is 0 Å². The average molecular weight is 506 g/mol. The van der Waals surface area contributed by atoms with Gasteiger partial charge < -0.3 is 47.4 Å². The highest BCUT2D eigenvalue weighted by atomic mass is 16.4. The van der Waals surface area contributed by atoms with Crippen LogP contribution in [0.1, 0.15) is 40.0 Å². The first kappa shape index (κ1) is 31.7. The summed E-state index contributed by atoms with van der Waals surface area (Å²) in [5.41, 5.74) is 5.78. The lowest BCUT2D eigenvalue weighted by atomic mass is 10.0. The van der Waals surface area contributed by atoms with Crippen LogP contribution in [0.3, 0.4) is 0 Å². The van der Waals surface area contributed by atoms with Crippen LogP contribution in [0.2, 0.25) is 0 Å². The molecule has 0 rings (SSSR count). The molecule has 35 heavy (non-hydrogen) atoms. The fraction of sp³-hybridized carbons (Fsp3) is 0.700. The van der Waals surface area contributed by atoms with Crippen molar-refractivity contribution in [1.82, 2.24) is 21.3 Å². The first-order valence-electron chi connectivity index (χ1n) is 10.9. The number of hydrogen-bond donors (Lipinski definition) is 9. The van der Waals surface area contributed by atoms with Gasteiger partial charge in [0, 0.05) is 6.42 Å². The van der Waals surface area contributed by atoms with Crippen LogP contribution < -0.4 is 27.0 Å². The highest BCUT2D eigenvalue weighted by Gasteiger charge is 2.29. The molecule has 0 saturated carbocycles. The van der Waals surface area contributed by atoms with Gasteiger partial charge in [0.15, 0.2) is 6.04 Å². The minimum Gasteiger partial charge on any atom is -0.481 e. The molecule has 0 aromatic carbocycles. The predicted molar refractivity (Wildman–Crippen MR) is 120 cm³/mol. The molecule has 0 aromatic rings. The molecule has 0 spiro atoms. The Hall–Kier alpha value is -3.30. The van der Waals surface area contributed by atoms with Crippen molar-refractivity contribution in [3.05, 3.63) is 0 Å². The molecular formula is C20H35N5O10. The van der Waals surface area contributed by atoms with E-state index in [0.29, 0.717) is 6.42 Å². The first-order valence-corrected chi connectivity index (χ1v) is 10.9. The van der Waals surface area contributed by atoms with Gasteiger partial charge in [-0.25, -0.2) is 4.79 Å². The zero-order valence-electron chi connectivity index (χ0n) is 19.8. The van der Waals surface area contributed by atoms with Crippen LogP contribution in [0.5, 0.6) is 0 Å². The number of nitrogens with one attached hydrogen (secondary N) is 4. The minimum atomic E-state index is -1.62. The van der Waals surface area contributed by atoms with Crippen molar-refractivity contribution < 1.29 is 49.2 Å². The third kappa shape index (κ3) is 12.7. The van der Waals surface area contributed by atoms with E-state index in [2.05, 4.69) is 16.0 Å². The molecule has 0 saturated heterocycles. The van der Waals surface area contributed by atoms with Crippen LogP contribution >= 0.6 is 0 Å². The van der Waals surface area contributed by atoms with E-state index in [1.54, 1.807) is 0 Å². The maximum atomic E-state index is 12.6. The summed E-state index contributed by atoms with van der Waals surface area (Å²) in [4.78, 5) is 71.0. The summed E-state index contributed by atoms with van der Waals surface area (Å²) in [6.45, 7) is 3.17. The largest absolute Gasteiger partial charge is 0.481 e. The lowest BCUT2D eigenvalue weighted by Gasteiger charge is -2.23. The number of amides is 4. The second-order valence-corrected chi connectivity index (χ2v) is 8.32. The average Bonchev–Trinajstić information content (AvgIpc) is 2.75. The summed E-state index contributed by atoms with van der Waals surface area (Å²) in [7, 11) is 0. The Balaban J connectivity index is 5.13. The smallest absolute Gasteiger partial charge is 0.328 e. The molecule has 15 heteroatoms. The molecule has 10 N–H and O–H groups in total. The molecule has 0 bridgehead atoms. The Morgan fingerprint density at radius 1 is 0.857 bits per heavy atom. The summed E-state index contributed by atoms with van der Waals surface area (Å²) in [6.07, 6.45) is -1.91. The van der Waals surface area contributed by atoms with E-state index < -0.39 is 85.4 Å². The highest BCUT2D eigenvalue weighted by Crippen LogP contribution is 2.05. The lowest BCUT2D eigenvalue weighted by Crippen LogP contribution is -2.57. The number of aliphatic carboxylic acids is 2. The molecule has 0 heterocycles. The Kier molecular flexibility index (Phi) is 14.1. The van der Waals surface area contributed by atoms with Gasteiger partial charge >= 0.3 is 11.9 Å². The van der Waals surface area contributed by atoms with E-state index >= 15 is 0 Å². The third-order valence-electron chi connectivity index (χ3n) is 4.65. The van der Waals surface area contributed by atoms with Gasteiger partial charge in [-0.1, -0.05) is 13.8 Å². The molecule has 0 aliphatic rings. The van der Waals surface area contributed by atoms with E-state index in [1.807, 2.05) is 19.2 Å². The molecule has 0 aromatic heterocycles. The molecular weight excluding hydrogens is 470 g/mol. The van der Waals surface area contributed by atoms with Gasteiger partial charge in [0.05, 0.1) is 25.3 Å². The number of hydrogen-bond acceptors (Lipinski definition) is 9. The zero-order chi connectivity index (χ0) is 27.3. The Labute approximate surface area is 201 Å². The fourth-order valence-electron chi connectivity index (χ4n) is 2.80. The van der Waals surface area contributed by atoms with Gasteiger partial charge in [0.1, 0.15) is 12.1 Å². The van der Waals surface area contributed by atoms with Gasteiger partial charge in [-0.05, 0) is 25.7 Å². The Morgan fingerprint density at radius 3 is 1.89 bits per heavy atom. The summed E-state index contributed by atoms with van der Waals surface area (Å²) < 4.78 is 0. The summed E-state index contributed by atoms with van der Waals surface area (Å²) >= 11 is 0. The topological polar surface area (TPSA) is 257 Å². The maximum Gasteiger partial charge on any atom is 0.328 e. The van der Waals surface area contributed by atoms with E-state index in [0.717, 1.165) is 6.92 Å². The Morgan fingerprint density at radius 2 is 1.43 bits per heavy atom. The molecule has 0 aliphatic heterocycles. The number of carbonyl (C=O) groups is 6. The number of aliphatic hydroxyl groups is 2. The molecule has 0 radical (unpaired) electrons. The van der Waals surface area contributed by atoms with Crippen molar-refractivity contribution in [2.45, 2.75) is 70.3 Å². The first-order chi connectivity index (χ1) is 16.2. The second kappa shape index (κ2) is 15.6. The summed E-state index contributed by atoms with van der Waals surface area (Å²) in [6, 6.07) is -5.52. The zero-order valence-corrected chi connectivity index (χ0v) is 19.8. The van der Waals surface area contributed by atoms with Crippen LogP contribution in [-0.4, -0.2) is 99.4 Å². The van der Waals surface area contributed by atoms with Crippen molar-refractivity contribution in [3.63, 3.8) is 0 Å². The molecule has 0 aliphatic carbocycles. The fourth-order valence-corrected chi connectivity index (χ4v) is 2.80. The van der Waals surface area contributed by atoms with Gasteiger partial charge in [0.2, 0.25) is 23.6 Å². The number of rotatable bonds is 16. The molecule has 15 nitrogen and oxygen atoms in total. The number of nitrogens with two attached hydrogens (primary N) is 1. The molecule has 4 amide bonds. The quantitative estimate of drug-likeness (QED) is 0.0984. The van der Waals surface area contributed by atoms with Crippen LogP contribution in [-0.2, 0) is 28.8 Å². The predicted octanol–water partition coefficient (Wildman–Crippen LogP) is -3.75. The molecule has 0 unspecified atom stereocenters. The number of carboxylic acid groups (broad SMARTS) is 2. The van der Waals surface area contributed by atoms with Crippen LogP contribution in [0.15, 0.2) is 0 Å². The molecule has 5 atom stereocenters. The van der Waals surface area contributed by atoms with Gasteiger partial charge in [0.25, 0.3) is 0 Å². The van der Waals surface area contributed by atoms with Crippen molar-refractivity contribution in [2.75, 3.05) is 13.2 Å². The van der Waals surface area contributed by atoms with Gasteiger partial charge in [-0.3, -0.25) is 24.0 Å². The van der Waals surface area contributed by atoms with Crippen molar-refractivity contribution >= 4 is 35.6 Å². The van der Waals surface area contributed by atoms with Gasteiger partial charge in [-0.2, -0.15) is 0 Å². The standard InChI is InChI=1S/C20H35N5O10/c1-9(2)6-11(21)17(31)23-12(4-5-15(29)30)19(33)24-13(8-26)18(32)22-7-14(28)25-16(10(3)27)20(34)35/h9-13,16,26-27H,4-8,21H2,1-3H3,(H,22,32)(H,23,31)(H,24,33)(H,25,28)(H,29,30)(H,34,35)/t10-,11+,12+,13+,16+/m1/s1. The SMILES string of the molecule is CC(C)C[C@H](N)C(=O)N[C@@H](CCC(=O)O)C(=O)N[C@@H](CO)C(=O)NCC(=O)N[C@H](C(=O)O)[C@@H](C)O. The van der Waals surface area contributed by atoms with Gasteiger partial charge in [-0.15, -0.1) is 0 Å². The van der Waals surface area contributed by atoms with Crippen LogP contribution in [0, 0.1) is 5.92 Å². The number of carbonyl (C=O) groups excluding carboxylic acids is 4. The van der Waals surface area contributed by atoms with Crippen LogP contribution in [0.25, 0.3) is 0 Å². The highest BCUT2D eigenvalue weighted by molar-refractivity contribution is 5.94. The summed E-state index contributed by atoms with van der Waals surface area (Å²) in [5, 5.41) is 45.3. The van der Waals surface area contributed by atoms with Crippen molar-refractivity contribution in [3.8, 4) is 0 Å². The summed E-state index contributed by atoms with van der Waals surface area (Å²) in [5.74, 6) is -6.29. The molecule has 0 fully saturated rings. The Bertz CT molecular complexity index is 773. The number of aliphatic hydroxyl groups excluding tert-OH is 2. The third-order valence-corrected chi connectivity index (χ3v) is 4.65. The minimum absolute atomic E-state index is 0.0769. The van der Waals surface area contributed by atoms with E-state index in [9.17, 15) is 39.0 Å². The lowest BCUT2D eigenvalue weighted by molar-refractivity contribution is -0.144. The maximum absolute atomic E-state index is 12.6. The van der Waals surface area contributed by atoms with E-state index in [1.165, 1.54) is 0 Å². The van der Waals surface area contributed by atoms with E-state index in [-0.39, 0.29) is 12.3 Å². The van der Waals surface area contributed by atoms with E-state index in [4.69, 9.17) is 15.9 Å². The normalized spacial score (nSPS) is 15.2.